The van der Waals surface area contributed by atoms with Crippen LogP contribution in [0.3, 0.4) is 0 Å². The Bertz CT molecular complexity index is 288. The summed E-state index contributed by atoms with van der Waals surface area (Å²) in [6.45, 7) is 9.29. The van der Waals surface area contributed by atoms with E-state index < -0.39 is 0 Å². The average molecular weight is 397 g/mol. The summed E-state index contributed by atoms with van der Waals surface area (Å²) in [6, 6.07) is 0. The zero-order chi connectivity index (χ0) is 20.9. The Morgan fingerprint density at radius 3 is 1.21 bits per heavy atom. The monoisotopic (exact) mass is 396 g/mol. The van der Waals surface area contributed by atoms with E-state index in [9.17, 15) is 5.11 Å². The Kier molecular flexibility index (Phi) is 21.6. The number of aliphatic hydroxyl groups excluding tert-OH is 1. The van der Waals surface area contributed by atoms with E-state index in [2.05, 4.69) is 27.7 Å². The molecule has 0 aromatic rings. The molecule has 0 fully saturated rings. The molecule has 0 rings (SSSR count). The summed E-state index contributed by atoms with van der Waals surface area (Å²) in [5.74, 6) is 1.57. The molecular formula is C27H56O. The van der Waals surface area contributed by atoms with Crippen molar-refractivity contribution in [1.82, 2.24) is 0 Å². The highest BCUT2D eigenvalue weighted by Gasteiger charge is 2.10. The first-order chi connectivity index (χ1) is 13.6. The van der Waals surface area contributed by atoms with Gasteiger partial charge in [0.2, 0.25) is 0 Å². The molecule has 0 aliphatic carbocycles. The van der Waals surface area contributed by atoms with E-state index in [0.717, 1.165) is 24.7 Å². The van der Waals surface area contributed by atoms with Crippen molar-refractivity contribution in [2.45, 2.75) is 162 Å². The van der Waals surface area contributed by atoms with E-state index in [4.69, 9.17) is 0 Å². The minimum absolute atomic E-state index is 0.0616. The number of rotatable bonds is 22. The third-order valence-electron chi connectivity index (χ3n) is 6.59. The zero-order valence-electron chi connectivity index (χ0n) is 20.3. The molecule has 0 amide bonds. The molecule has 1 unspecified atom stereocenters. The number of hydrogen-bond donors (Lipinski definition) is 1. The van der Waals surface area contributed by atoms with Gasteiger partial charge < -0.3 is 5.11 Å². The summed E-state index contributed by atoms with van der Waals surface area (Å²) in [4.78, 5) is 0. The maximum atomic E-state index is 10.2. The van der Waals surface area contributed by atoms with E-state index >= 15 is 0 Å². The van der Waals surface area contributed by atoms with Gasteiger partial charge in [0.05, 0.1) is 6.10 Å². The minimum atomic E-state index is -0.0616. The number of unbranched alkanes of at least 4 members (excludes halogenated alkanes) is 12. The molecule has 0 spiro atoms. The van der Waals surface area contributed by atoms with Crippen LogP contribution >= 0.6 is 0 Å². The molecule has 1 heteroatoms. The van der Waals surface area contributed by atoms with Crippen LogP contribution in [0.1, 0.15) is 156 Å². The topological polar surface area (TPSA) is 20.2 Å². The van der Waals surface area contributed by atoms with Gasteiger partial charge in [-0.05, 0) is 37.5 Å². The highest BCUT2D eigenvalue weighted by atomic mass is 16.3. The molecule has 0 saturated carbocycles. The summed E-state index contributed by atoms with van der Waals surface area (Å²) in [5, 5.41) is 10.2. The van der Waals surface area contributed by atoms with E-state index in [1.807, 2.05) is 0 Å². The van der Waals surface area contributed by atoms with Gasteiger partial charge in [-0.1, -0.05) is 130 Å². The van der Waals surface area contributed by atoms with E-state index in [1.54, 1.807) is 0 Å². The summed E-state index contributed by atoms with van der Waals surface area (Å²) in [6.07, 6.45) is 26.9. The Balaban J connectivity index is 3.35. The van der Waals surface area contributed by atoms with Crippen molar-refractivity contribution in [3.05, 3.63) is 0 Å². The standard InChI is InChI=1S/C27H56O/c1-5-7-9-10-11-12-13-14-15-16-17-18-20-26(4)22-24-27(28)23-21-25(3)19-8-6-2/h25-28H,5-24H2,1-4H3/t25-,26+,27?/m0/s1. The molecule has 28 heavy (non-hydrogen) atoms. The second kappa shape index (κ2) is 21.7. The van der Waals surface area contributed by atoms with Crippen molar-refractivity contribution in [3.8, 4) is 0 Å². The summed E-state index contributed by atoms with van der Waals surface area (Å²) in [7, 11) is 0. The molecule has 1 nitrogen and oxygen atoms in total. The maximum Gasteiger partial charge on any atom is 0.0540 e. The number of hydrogen-bond acceptors (Lipinski definition) is 1. The molecular weight excluding hydrogens is 340 g/mol. The van der Waals surface area contributed by atoms with Crippen LogP contribution in [-0.2, 0) is 0 Å². The summed E-state index contributed by atoms with van der Waals surface area (Å²) >= 11 is 0. The first kappa shape index (κ1) is 28.0. The highest BCUT2D eigenvalue weighted by molar-refractivity contribution is 4.63. The van der Waals surface area contributed by atoms with Gasteiger partial charge in [-0.15, -0.1) is 0 Å². The molecule has 1 N–H and O–H groups in total. The van der Waals surface area contributed by atoms with E-state index in [-0.39, 0.29) is 6.10 Å². The quantitative estimate of drug-likeness (QED) is 0.181. The van der Waals surface area contributed by atoms with Gasteiger partial charge in [-0.25, -0.2) is 0 Å². The van der Waals surface area contributed by atoms with Crippen LogP contribution < -0.4 is 0 Å². The van der Waals surface area contributed by atoms with Crippen molar-refractivity contribution in [2.75, 3.05) is 0 Å². The highest BCUT2D eigenvalue weighted by Crippen LogP contribution is 2.21. The third-order valence-corrected chi connectivity index (χ3v) is 6.59. The van der Waals surface area contributed by atoms with Crippen LogP contribution in [0.2, 0.25) is 0 Å². The van der Waals surface area contributed by atoms with Crippen LogP contribution in [0.25, 0.3) is 0 Å². The lowest BCUT2D eigenvalue weighted by Crippen LogP contribution is -2.10. The van der Waals surface area contributed by atoms with Crippen molar-refractivity contribution >= 4 is 0 Å². The fourth-order valence-electron chi connectivity index (χ4n) is 4.27. The smallest absolute Gasteiger partial charge is 0.0540 e. The van der Waals surface area contributed by atoms with Crippen LogP contribution in [-0.4, -0.2) is 11.2 Å². The Labute approximate surface area is 179 Å². The van der Waals surface area contributed by atoms with Crippen molar-refractivity contribution in [3.63, 3.8) is 0 Å². The van der Waals surface area contributed by atoms with Crippen molar-refractivity contribution < 1.29 is 5.11 Å². The lowest BCUT2D eigenvalue weighted by atomic mass is 9.92. The first-order valence-corrected chi connectivity index (χ1v) is 13.3. The maximum absolute atomic E-state index is 10.2. The van der Waals surface area contributed by atoms with Crippen molar-refractivity contribution in [1.29, 1.82) is 0 Å². The second-order valence-electron chi connectivity index (χ2n) is 9.84. The second-order valence-corrected chi connectivity index (χ2v) is 9.84. The van der Waals surface area contributed by atoms with Gasteiger partial charge >= 0.3 is 0 Å². The number of aliphatic hydroxyl groups is 1. The Morgan fingerprint density at radius 2 is 0.786 bits per heavy atom. The Hall–Kier alpha value is -0.0400. The van der Waals surface area contributed by atoms with Crippen LogP contribution in [0, 0.1) is 11.8 Å². The molecule has 0 aliphatic heterocycles. The normalized spacial score (nSPS) is 14.9. The molecule has 0 bridgehead atoms. The summed E-state index contributed by atoms with van der Waals surface area (Å²) < 4.78 is 0. The third kappa shape index (κ3) is 20.7. The lowest BCUT2D eigenvalue weighted by Gasteiger charge is -2.17. The molecule has 3 atom stereocenters. The van der Waals surface area contributed by atoms with Crippen LogP contribution in [0.4, 0.5) is 0 Å². The van der Waals surface area contributed by atoms with Crippen LogP contribution in [0.15, 0.2) is 0 Å². The fourth-order valence-corrected chi connectivity index (χ4v) is 4.27. The molecule has 0 saturated heterocycles. The van der Waals surface area contributed by atoms with Gasteiger partial charge in [0.1, 0.15) is 0 Å². The first-order valence-electron chi connectivity index (χ1n) is 13.3. The fraction of sp³-hybridized carbons (Fsp3) is 1.00. The largest absolute Gasteiger partial charge is 0.393 e. The molecule has 0 aromatic carbocycles. The van der Waals surface area contributed by atoms with Gasteiger partial charge in [-0.3, -0.25) is 0 Å². The van der Waals surface area contributed by atoms with Crippen molar-refractivity contribution in [2.24, 2.45) is 11.8 Å². The summed E-state index contributed by atoms with van der Waals surface area (Å²) in [5.41, 5.74) is 0. The average Bonchev–Trinajstić information content (AvgIpc) is 2.69. The molecule has 0 aliphatic rings. The van der Waals surface area contributed by atoms with Gasteiger partial charge in [0, 0.05) is 0 Å². The van der Waals surface area contributed by atoms with E-state index in [0.29, 0.717) is 0 Å². The lowest BCUT2D eigenvalue weighted by molar-refractivity contribution is 0.136. The minimum Gasteiger partial charge on any atom is -0.393 e. The molecule has 170 valence electrons. The molecule has 0 heterocycles. The SMILES string of the molecule is CCCCCCCCCCCCCC[C@@H](C)CCC(O)CC[C@@H](C)CCCC. The zero-order valence-corrected chi connectivity index (χ0v) is 20.3. The molecule has 0 aromatic heterocycles. The van der Waals surface area contributed by atoms with Gasteiger partial charge in [-0.2, -0.15) is 0 Å². The Morgan fingerprint density at radius 1 is 0.429 bits per heavy atom. The predicted molar refractivity (Wildman–Crippen MR) is 128 cm³/mol. The van der Waals surface area contributed by atoms with Crippen LogP contribution in [0.5, 0.6) is 0 Å². The van der Waals surface area contributed by atoms with Gasteiger partial charge in [0.15, 0.2) is 0 Å². The molecule has 0 radical (unpaired) electrons. The van der Waals surface area contributed by atoms with Gasteiger partial charge in [0.25, 0.3) is 0 Å². The van der Waals surface area contributed by atoms with E-state index in [1.165, 1.54) is 116 Å². The predicted octanol–water partition coefficient (Wildman–Crippen LogP) is 9.46.